The first-order valence-electron chi connectivity index (χ1n) is 4.06. The molecule has 0 aliphatic carbocycles. The summed E-state index contributed by atoms with van der Waals surface area (Å²) in [6, 6.07) is 0. The van der Waals surface area contributed by atoms with Gasteiger partial charge in [-0.3, -0.25) is 0 Å². The van der Waals surface area contributed by atoms with Gasteiger partial charge in [-0.1, -0.05) is 0 Å². The first kappa shape index (κ1) is 13.7. The second-order valence-electron chi connectivity index (χ2n) is 2.52. The van der Waals surface area contributed by atoms with Crippen LogP contribution in [0.25, 0.3) is 0 Å². The van der Waals surface area contributed by atoms with Gasteiger partial charge < -0.3 is 13.5 Å². The molecule has 0 atom stereocenters. The molecule has 0 aromatic rings. The third-order valence-corrected chi connectivity index (χ3v) is 2.54. The van der Waals surface area contributed by atoms with E-state index in [4.69, 9.17) is 0 Å². The second-order valence-corrected chi connectivity index (χ2v) is 3.94. The van der Waals surface area contributed by atoms with Gasteiger partial charge in [0.2, 0.25) is 0 Å². The van der Waals surface area contributed by atoms with E-state index in [1.165, 1.54) is 43.0 Å². The van der Waals surface area contributed by atoms with E-state index in [-0.39, 0.29) is 13.5 Å². The number of rotatable bonds is 6. The van der Waals surface area contributed by atoms with Crippen molar-refractivity contribution in [1.82, 2.24) is 0 Å². The number of hydrogen-bond acceptors (Lipinski definition) is 1. The van der Waals surface area contributed by atoms with Crippen LogP contribution in [0, 0.1) is 0 Å². The van der Waals surface area contributed by atoms with Crippen molar-refractivity contribution < 1.29 is 0 Å². The Kier molecular flexibility index (Phi) is 17.6. The van der Waals surface area contributed by atoms with Crippen LogP contribution in [0.2, 0.25) is 4.44 Å². The van der Waals surface area contributed by atoms with Crippen molar-refractivity contribution in [3.8, 4) is 0 Å². The summed E-state index contributed by atoms with van der Waals surface area (Å²) >= 11 is 1.71. The van der Waals surface area contributed by atoms with E-state index in [2.05, 4.69) is 6.92 Å². The first-order valence-corrected chi connectivity index (χ1v) is 6.08. The minimum absolute atomic E-state index is 0. The van der Waals surface area contributed by atoms with Crippen molar-refractivity contribution in [2.45, 2.75) is 49.9 Å². The van der Waals surface area contributed by atoms with Gasteiger partial charge in [-0.2, -0.15) is 0 Å². The quantitative estimate of drug-likeness (QED) is 0.308. The fourth-order valence-corrected chi connectivity index (χ4v) is 1.62. The van der Waals surface area contributed by atoms with Crippen molar-refractivity contribution in [2.75, 3.05) is 0 Å². The van der Waals surface area contributed by atoms with Gasteiger partial charge in [0, 0.05) is 0 Å². The minimum Gasteiger partial charge on any atom is -0.813 e. The molecule has 58 valence electrons. The Bertz CT molecular complexity index is 42.5. The Hall–Kier alpha value is 1.15. The zero-order valence-corrected chi connectivity index (χ0v) is 10.6. The second kappa shape index (κ2) is 12.8. The van der Waals surface area contributed by atoms with Crippen LogP contribution in [0.4, 0.5) is 0 Å². The van der Waals surface area contributed by atoms with Crippen LogP contribution >= 0.6 is 0 Å². The van der Waals surface area contributed by atoms with Gasteiger partial charge in [0.1, 0.15) is 0 Å². The average molecular weight is 265 g/mol. The molecule has 0 aromatic carbocycles. The molecule has 0 saturated heterocycles. The van der Waals surface area contributed by atoms with Gasteiger partial charge in [0.25, 0.3) is 0 Å². The van der Waals surface area contributed by atoms with Gasteiger partial charge in [-0.25, -0.2) is 0 Å². The van der Waals surface area contributed by atoms with Crippen molar-refractivity contribution in [1.29, 1.82) is 0 Å². The molecule has 0 heterocycles. The number of hydrogen-bond donors (Lipinski definition) is 0. The number of unbranched alkanes of at least 4 members (excludes halogenated alkanes) is 5. The summed E-state index contributed by atoms with van der Waals surface area (Å²) < 4.78 is 1.46. The largest absolute Gasteiger partial charge is 0.813 e. The van der Waals surface area contributed by atoms with E-state index in [0.29, 0.717) is 0 Å². The van der Waals surface area contributed by atoms with Crippen LogP contribution in [-0.4, -0.2) is 22.5 Å². The molecular weight excluding hydrogens is 247 g/mol. The van der Waals surface area contributed by atoms with Crippen molar-refractivity contribution in [2.24, 2.45) is 0 Å². The zero-order chi connectivity index (χ0) is 6.95. The molecule has 10 heavy (non-hydrogen) atoms. The van der Waals surface area contributed by atoms with Crippen molar-refractivity contribution in [3.63, 3.8) is 0 Å². The molecule has 0 aliphatic rings. The van der Waals surface area contributed by atoms with Crippen LogP contribution in [-0.2, 0) is 13.5 Å². The summed E-state index contributed by atoms with van der Waals surface area (Å²) in [5.74, 6) is 0. The molecular formula is C8H18SSn+2. The van der Waals surface area contributed by atoms with E-state index < -0.39 is 0 Å². The van der Waals surface area contributed by atoms with Gasteiger partial charge in [-0.15, -0.1) is 0 Å². The summed E-state index contributed by atoms with van der Waals surface area (Å²) in [5, 5.41) is 0. The molecule has 0 amide bonds. The SMILES string of the molecule is CCCCCCC[CH2][Sn+3].[SH-]. The maximum atomic E-state index is 2.27. The zero-order valence-electron chi connectivity index (χ0n) is 6.90. The predicted octanol–water partition coefficient (Wildman–Crippen LogP) is 2.66. The average Bonchev–Trinajstić information content (AvgIpc) is 1.89. The van der Waals surface area contributed by atoms with Gasteiger partial charge in [0.15, 0.2) is 0 Å². The monoisotopic (exact) mass is 266 g/mol. The third kappa shape index (κ3) is 11.9. The van der Waals surface area contributed by atoms with Gasteiger partial charge >= 0.3 is 72.4 Å². The Morgan fingerprint density at radius 3 is 1.90 bits per heavy atom. The van der Waals surface area contributed by atoms with Crippen LogP contribution in [0.5, 0.6) is 0 Å². The normalized spacial score (nSPS) is 9.10. The van der Waals surface area contributed by atoms with Crippen molar-refractivity contribution >= 4 is 36.0 Å². The molecule has 0 spiro atoms. The fraction of sp³-hybridized carbons (Fsp3) is 1.00. The summed E-state index contributed by atoms with van der Waals surface area (Å²) in [5.41, 5.74) is 0. The van der Waals surface area contributed by atoms with Gasteiger partial charge in [0.05, 0.1) is 0 Å². The molecule has 0 unspecified atom stereocenters. The Morgan fingerprint density at radius 2 is 1.40 bits per heavy atom. The van der Waals surface area contributed by atoms with Crippen molar-refractivity contribution in [3.05, 3.63) is 0 Å². The van der Waals surface area contributed by atoms with E-state index in [1.54, 1.807) is 22.5 Å². The summed E-state index contributed by atoms with van der Waals surface area (Å²) in [4.78, 5) is 0. The first-order chi connectivity index (χ1) is 4.41. The molecule has 0 aromatic heterocycles. The van der Waals surface area contributed by atoms with Crippen LogP contribution < -0.4 is 0 Å². The van der Waals surface area contributed by atoms with E-state index >= 15 is 0 Å². The summed E-state index contributed by atoms with van der Waals surface area (Å²) in [6.07, 6.45) is 8.71. The standard InChI is InChI=1S/C8H17.H2S.Sn/c1-3-5-7-8-6-4-2;;/h1,3-8H2,2H3;1H2;/q;;+3/p-1. The van der Waals surface area contributed by atoms with E-state index in [0.717, 1.165) is 0 Å². The Balaban J connectivity index is 0. The fourth-order valence-electron chi connectivity index (χ4n) is 0.905. The molecule has 0 aliphatic heterocycles. The Morgan fingerprint density at radius 1 is 0.900 bits per heavy atom. The maximum Gasteiger partial charge on any atom is -0.813 e. The molecule has 2 heteroatoms. The van der Waals surface area contributed by atoms with Crippen LogP contribution in [0.3, 0.4) is 0 Å². The maximum absolute atomic E-state index is 2.27. The van der Waals surface area contributed by atoms with E-state index in [1.807, 2.05) is 0 Å². The molecule has 0 nitrogen and oxygen atoms in total. The molecule has 0 bridgehead atoms. The molecule has 0 saturated carbocycles. The molecule has 0 fully saturated rings. The Labute approximate surface area is 85.7 Å². The number of thiol groups is 1. The molecule has 0 N–H and O–H groups in total. The van der Waals surface area contributed by atoms with E-state index in [9.17, 15) is 0 Å². The topological polar surface area (TPSA) is 0 Å². The minimum atomic E-state index is 0. The molecule has 0 rings (SSSR count). The van der Waals surface area contributed by atoms with Gasteiger partial charge in [-0.05, 0) is 0 Å². The predicted molar refractivity (Wildman–Crippen MR) is 52.7 cm³/mol. The van der Waals surface area contributed by atoms with Crippen LogP contribution in [0.1, 0.15) is 45.4 Å². The smallest absolute Gasteiger partial charge is 0.813 e. The summed E-state index contributed by atoms with van der Waals surface area (Å²) in [7, 11) is 0. The van der Waals surface area contributed by atoms with Crippen LogP contribution in [0.15, 0.2) is 0 Å². The summed E-state index contributed by atoms with van der Waals surface area (Å²) in [6.45, 7) is 2.27. The molecule has 0 radical (unpaired) electrons. The third-order valence-electron chi connectivity index (χ3n) is 1.53.